The van der Waals surface area contributed by atoms with Crippen molar-refractivity contribution in [3.8, 4) is 11.5 Å². The number of nitrogens with one attached hydrogen (secondary N) is 1. The third kappa shape index (κ3) is 3.73. The van der Waals surface area contributed by atoms with Crippen LogP contribution in [0.3, 0.4) is 0 Å². The summed E-state index contributed by atoms with van der Waals surface area (Å²) in [6.45, 7) is 1.94. The Balaban J connectivity index is 0.000000149. The maximum atomic E-state index is 12.0. The molecule has 6 aromatic rings. The Bertz CT molecular complexity index is 1580. The molecule has 0 atom stereocenters. The van der Waals surface area contributed by atoms with E-state index in [9.17, 15) is 10.2 Å². The summed E-state index contributed by atoms with van der Waals surface area (Å²) in [7, 11) is 0. The smallest absolute Gasteiger partial charge is 0.872 e. The van der Waals surface area contributed by atoms with Crippen molar-refractivity contribution in [1.82, 2.24) is 4.98 Å². The van der Waals surface area contributed by atoms with Gasteiger partial charge in [-0.3, -0.25) is 4.98 Å². The van der Waals surface area contributed by atoms with E-state index in [0.29, 0.717) is 0 Å². The Kier molecular flexibility index (Phi) is 5.72. The van der Waals surface area contributed by atoms with Gasteiger partial charge in [0.05, 0.1) is 5.52 Å². The van der Waals surface area contributed by atoms with Gasteiger partial charge in [-0.1, -0.05) is 71.7 Å². The van der Waals surface area contributed by atoms with Crippen molar-refractivity contribution >= 4 is 53.5 Å². The predicted molar refractivity (Wildman–Crippen MR) is 127 cm³/mol. The fourth-order valence-corrected chi connectivity index (χ4v) is 4.05. The number of aromatic nitrogens is 2. The first-order chi connectivity index (χ1) is 15.1. The van der Waals surface area contributed by atoms with Crippen molar-refractivity contribution in [2.75, 3.05) is 0 Å². The van der Waals surface area contributed by atoms with Crippen LogP contribution in [0.15, 0.2) is 91.3 Å². The van der Waals surface area contributed by atoms with E-state index < -0.39 is 0 Å². The number of rotatable bonds is 0. The van der Waals surface area contributed by atoms with Gasteiger partial charge in [0.1, 0.15) is 0 Å². The number of hydrogen-bond donors (Lipinski definition) is 0. The monoisotopic (exact) mass is 412 g/mol. The van der Waals surface area contributed by atoms with Crippen LogP contribution in [0.25, 0.3) is 43.4 Å². The summed E-state index contributed by atoms with van der Waals surface area (Å²) in [6, 6.07) is 24.8. The van der Waals surface area contributed by atoms with Crippen LogP contribution in [0.2, 0.25) is 0 Å². The fraction of sp³-hybridized carbons (Fsp3) is 0.0370. The zero-order valence-corrected chi connectivity index (χ0v) is 17.6. The molecule has 0 aliphatic rings. The van der Waals surface area contributed by atoms with Gasteiger partial charge in [0.25, 0.3) is 0 Å². The van der Waals surface area contributed by atoms with Crippen molar-refractivity contribution in [3.63, 3.8) is 0 Å². The van der Waals surface area contributed by atoms with Gasteiger partial charge in [0.2, 0.25) is 5.52 Å². The Morgan fingerprint density at radius 1 is 0.688 bits per heavy atom. The Hall–Kier alpha value is -4.01. The molecule has 0 bridgehead atoms. The number of hydrogen-bond acceptors (Lipinski definition) is 3. The number of pyridine rings is 2. The van der Waals surface area contributed by atoms with Gasteiger partial charge in [0.15, 0.2) is 6.20 Å². The van der Waals surface area contributed by atoms with E-state index in [4.69, 9.17) is 0 Å². The van der Waals surface area contributed by atoms with Gasteiger partial charge >= 0.3 is 10.1 Å². The zero-order chi connectivity index (χ0) is 21.4. The minimum absolute atomic E-state index is 0. The summed E-state index contributed by atoms with van der Waals surface area (Å²) in [4.78, 5) is 7.42. The van der Waals surface area contributed by atoms with Crippen molar-refractivity contribution in [2.45, 2.75) is 6.92 Å². The van der Waals surface area contributed by atoms with Crippen LogP contribution in [0, 0.1) is 6.92 Å². The topological polar surface area (TPSA) is 73.2 Å². The summed E-state index contributed by atoms with van der Waals surface area (Å²) in [5, 5.41) is 29.3. The van der Waals surface area contributed by atoms with Crippen LogP contribution in [0.1, 0.15) is 5.56 Å². The van der Waals surface area contributed by atoms with E-state index in [0.717, 1.165) is 48.9 Å². The largest absolute Gasteiger partial charge is 2.00 e. The molecule has 6 rings (SSSR count). The van der Waals surface area contributed by atoms with Crippen LogP contribution < -0.4 is 15.2 Å². The molecule has 2 heterocycles. The normalized spacial score (nSPS) is 10.7. The Morgan fingerprint density at radius 2 is 1.41 bits per heavy atom. The number of H-pyrrole nitrogens is 1. The third-order valence-electron chi connectivity index (χ3n) is 5.43. The average molecular weight is 412 g/mol. The second-order valence-corrected chi connectivity index (χ2v) is 7.56. The molecule has 2 aromatic heterocycles. The van der Waals surface area contributed by atoms with Gasteiger partial charge < -0.3 is 10.2 Å². The van der Waals surface area contributed by atoms with E-state index in [2.05, 4.69) is 9.97 Å². The van der Waals surface area contributed by atoms with Crippen LogP contribution in [0.4, 0.5) is 0 Å². The van der Waals surface area contributed by atoms with Crippen LogP contribution >= 0.6 is 0 Å². The summed E-state index contributed by atoms with van der Waals surface area (Å²) in [5.74, 6) is 0.125. The quantitative estimate of drug-likeness (QED) is 0.276. The molecule has 4 nitrogen and oxygen atoms in total. The van der Waals surface area contributed by atoms with Gasteiger partial charge in [-0.05, 0) is 35.9 Å². The SMILES string of the molecule is Cc1cc([O-])c2c(ccc3ccc[nH+]c32)c1.[Be+2].[O-]c1cccc2ccc3cccnc3c12. The van der Waals surface area contributed by atoms with Gasteiger partial charge in [-0.25, -0.2) is 4.98 Å². The molecule has 0 saturated carbocycles. The number of aromatic amines is 1. The Labute approximate surface area is 189 Å². The molecular weight excluding hydrogens is 393 g/mol. The summed E-state index contributed by atoms with van der Waals surface area (Å²) in [5.41, 5.74) is 2.72. The summed E-state index contributed by atoms with van der Waals surface area (Å²) >= 11 is 0. The molecule has 0 amide bonds. The van der Waals surface area contributed by atoms with Crippen molar-refractivity contribution in [1.29, 1.82) is 0 Å². The molecule has 4 aromatic carbocycles. The molecule has 5 heteroatoms. The molecule has 0 aliphatic carbocycles. The van der Waals surface area contributed by atoms with Crippen LogP contribution in [0.5, 0.6) is 11.5 Å². The first kappa shape index (κ1) is 21.2. The van der Waals surface area contributed by atoms with Gasteiger partial charge in [-0.15, -0.1) is 0 Å². The minimum atomic E-state index is 0. The van der Waals surface area contributed by atoms with Crippen molar-refractivity contribution in [3.05, 3.63) is 96.8 Å². The number of nitrogens with zero attached hydrogens (tertiary/aromatic N) is 1. The molecule has 0 spiro atoms. The Morgan fingerprint density at radius 3 is 2.28 bits per heavy atom. The van der Waals surface area contributed by atoms with E-state index in [-0.39, 0.29) is 21.6 Å². The summed E-state index contributed by atoms with van der Waals surface area (Å²) < 4.78 is 0. The molecule has 0 aliphatic heterocycles. The molecule has 1 N–H and O–H groups in total. The molecular formula is C27H19BeN2O2+. The average Bonchev–Trinajstić information content (AvgIpc) is 2.79. The van der Waals surface area contributed by atoms with Crippen LogP contribution in [-0.2, 0) is 0 Å². The van der Waals surface area contributed by atoms with E-state index in [1.165, 1.54) is 0 Å². The van der Waals surface area contributed by atoms with Crippen molar-refractivity contribution < 1.29 is 15.2 Å². The first-order valence-electron chi connectivity index (χ1n) is 10.1. The van der Waals surface area contributed by atoms with Gasteiger partial charge in [-0.2, -0.15) is 0 Å². The third-order valence-corrected chi connectivity index (χ3v) is 5.43. The number of aryl methyl sites for hydroxylation is 1. The predicted octanol–water partition coefficient (Wildman–Crippen LogP) is 4.27. The fourth-order valence-electron chi connectivity index (χ4n) is 4.05. The molecule has 32 heavy (non-hydrogen) atoms. The van der Waals surface area contributed by atoms with Crippen molar-refractivity contribution in [2.24, 2.45) is 0 Å². The molecule has 0 unspecified atom stereocenters. The van der Waals surface area contributed by atoms with Crippen LogP contribution in [-0.4, -0.2) is 15.1 Å². The molecule has 150 valence electrons. The molecule has 0 fully saturated rings. The number of fused-ring (bicyclic) bond motifs is 6. The van der Waals surface area contributed by atoms with E-state index in [1.54, 1.807) is 24.4 Å². The minimum Gasteiger partial charge on any atom is -0.872 e. The summed E-state index contributed by atoms with van der Waals surface area (Å²) in [6.07, 6.45) is 3.56. The maximum absolute atomic E-state index is 12.0. The van der Waals surface area contributed by atoms with E-state index >= 15 is 0 Å². The second kappa shape index (κ2) is 8.62. The standard InChI is InChI=1S/C14H11NO.C13H9NO.Be/c1-9-7-11-5-4-10-3-2-6-15-14(10)13(11)12(16)8-9;15-11-5-1-3-9-6-7-10-4-2-8-14-13(10)12(9)11;/h2-8,16H,1H3;1-8,15H;/q;;+2/p-1. The molecule has 0 saturated heterocycles. The number of benzene rings is 4. The maximum Gasteiger partial charge on any atom is 2.00 e. The van der Waals surface area contributed by atoms with E-state index in [1.807, 2.05) is 73.8 Å². The second-order valence-electron chi connectivity index (χ2n) is 7.56. The molecule has 0 radical (unpaired) electrons. The first-order valence-corrected chi connectivity index (χ1v) is 10.1. The zero-order valence-electron chi connectivity index (χ0n) is 17.6. The van der Waals surface area contributed by atoms with Gasteiger partial charge in [0, 0.05) is 33.8 Å².